The lowest BCUT2D eigenvalue weighted by molar-refractivity contribution is -0.149. The van der Waals surface area contributed by atoms with E-state index < -0.39 is 35.1 Å². The van der Waals surface area contributed by atoms with Crippen LogP contribution in [0.1, 0.15) is 39.5 Å². The van der Waals surface area contributed by atoms with E-state index in [1.807, 2.05) is 13.8 Å². The number of fused-ring (bicyclic) bond motifs is 1. The van der Waals surface area contributed by atoms with Gasteiger partial charge in [0.15, 0.2) is 0 Å². The molecule has 4 rings (SSSR count). The van der Waals surface area contributed by atoms with Gasteiger partial charge in [-0.3, -0.25) is 14.4 Å². The van der Waals surface area contributed by atoms with Crippen LogP contribution in [0.2, 0.25) is 0 Å². The quantitative estimate of drug-likeness (QED) is 0.540. The Kier molecular flexibility index (Phi) is 6.13. The van der Waals surface area contributed by atoms with Crippen molar-refractivity contribution < 1.29 is 29.0 Å². The molecule has 1 aromatic carbocycles. The summed E-state index contributed by atoms with van der Waals surface area (Å²) in [5.74, 6) is -1.71. The molecular weight excluding hydrogens is 426 g/mol. The van der Waals surface area contributed by atoms with Crippen LogP contribution < -0.4 is 15.4 Å². The Labute approximate surface area is 193 Å². The summed E-state index contributed by atoms with van der Waals surface area (Å²) in [6, 6.07) is 5.44. The number of carbonyl (C=O) groups is 3. The van der Waals surface area contributed by atoms with Gasteiger partial charge < -0.3 is 30.1 Å². The third-order valence-corrected chi connectivity index (χ3v) is 7.83. The molecule has 2 unspecified atom stereocenters. The molecule has 0 saturated carbocycles. The first kappa shape index (κ1) is 23.5. The van der Waals surface area contributed by atoms with E-state index in [9.17, 15) is 19.5 Å². The van der Waals surface area contributed by atoms with Crippen LogP contribution in [0.3, 0.4) is 0 Å². The number of benzene rings is 1. The largest absolute Gasteiger partial charge is 0.497 e. The van der Waals surface area contributed by atoms with Crippen molar-refractivity contribution in [2.75, 3.05) is 26.1 Å². The minimum atomic E-state index is -1.11. The van der Waals surface area contributed by atoms with Gasteiger partial charge >= 0.3 is 0 Å². The van der Waals surface area contributed by atoms with Gasteiger partial charge in [0.1, 0.15) is 17.4 Å². The first-order chi connectivity index (χ1) is 15.8. The highest BCUT2D eigenvalue weighted by Crippen LogP contribution is 2.64. The van der Waals surface area contributed by atoms with Gasteiger partial charge in [0.2, 0.25) is 17.7 Å². The molecule has 3 fully saturated rings. The van der Waals surface area contributed by atoms with Gasteiger partial charge in [-0.25, -0.2) is 0 Å². The highest BCUT2D eigenvalue weighted by atomic mass is 16.5. The Bertz CT molecular complexity index is 933. The summed E-state index contributed by atoms with van der Waals surface area (Å²) in [6.45, 7) is 3.54. The van der Waals surface area contributed by atoms with Gasteiger partial charge in [0.25, 0.3) is 0 Å². The second-order valence-electron chi connectivity index (χ2n) is 9.16. The molecule has 3 heterocycles. The monoisotopic (exact) mass is 459 g/mol. The van der Waals surface area contributed by atoms with Crippen molar-refractivity contribution in [1.82, 2.24) is 10.2 Å². The molecule has 9 nitrogen and oxygen atoms in total. The van der Waals surface area contributed by atoms with E-state index in [4.69, 9.17) is 9.47 Å². The minimum Gasteiger partial charge on any atom is -0.497 e. The molecule has 2 bridgehead atoms. The molecule has 9 heteroatoms. The van der Waals surface area contributed by atoms with Crippen molar-refractivity contribution >= 4 is 23.4 Å². The van der Waals surface area contributed by atoms with Gasteiger partial charge in [-0.2, -0.15) is 0 Å². The van der Waals surface area contributed by atoms with Gasteiger partial charge in [-0.05, 0) is 49.9 Å². The van der Waals surface area contributed by atoms with Crippen LogP contribution in [-0.4, -0.2) is 71.8 Å². The second-order valence-corrected chi connectivity index (χ2v) is 9.16. The zero-order chi connectivity index (χ0) is 24.0. The smallest absolute Gasteiger partial charge is 0.250 e. The number of hydrogen-bond donors (Lipinski definition) is 3. The van der Waals surface area contributed by atoms with Gasteiger partial charge in [0.05, 0.1) is 37.2 Å². The SMILES string of the molecule is CC[C@@H](CO)N1C(=O)[C@@H]2[C@@H](C(=O)NC)[C@@]3(CC)CCC2(O3)C1C(=O)Nc1ccc(OC)cc1. The van der Waals surface area contributed by atoms with Crippen molar-refractivity contribution in [1.29, 1.82) is 0 Å². The number of likely N-dealkylation sites (tertiary alicyclic amines) is 1. The number of amides is 3. The number of anilines is 1. The molecule has 0 radical (unpaired) electrons. The fraction of sp³-hybridized carbons (Fsp3) is 0.625. The molecule has 0 aromatic heterocycles. The maximum absolute atomic E-state index is 13.8. The highest BCUT2D eigenvalue weighted by molar-refractivity contribution is 6.04. The van der Waals surface area contributed by atoms with Crippen LogP contribution in [-0.2, 0) is 19.1 Å². The van der Waals surface area contributed by atoms with Crippen molar-refractivity contribution in [3.8, 4) is 5.75 Å². The molecule has 1 spiro atoms. The van der Waals surface area contributed by atoms with Crippen molar-refractivity contribution in [2.45, 2.75) is 62.8 Å². The molecule has 3 saturated heterocycles. The normalized spacial score (nSPS) is 33.1. The maximum atomic E-state index is 13.8. The Morgan fingerprint density at radius 2 is 1.94 bits per heavy atom. The van der Waals surface area contributed by atoms with E-state index in [2.05, 4.69) is 10.6 Å². The van der Waals surface area contributed by atoms with E-state index in [0.29, 0.717) is 37.1 Å². The van der Waals surface area contributed by atoms with E-state index >= 15 is 0 Å². The topological polar surface area (TPSA) is 117 Å². The van der Waals surface area contributed by atoms with Crippen molar-refractivity contribution in [3.63, 3.8) is 0 Å². The third kappa shape index (κ3) is 3.32. The average Bonchev–Trinajstić information content (AvgIpc) is 3.44. The lowest BCUT2D eigenvalue weighted by atomic mass is 9.65. The summed E-state index contributed by atoms with van der Waals surface area (Å²) in [5, 5.41) is 15.7. The molecule has 180 valence electrons. The van der Waals surface area contributed by atoms with Gasteiger partial charge in [0, 0.05) is 12.7 Å². The summed E-state index contributed by atoms with van der Waals surface area (Å²) in [4.78, 5) is 42.0. The van der Waals surface area contributed by atoms with Crippen LogP contribution in [0.4, 0.5) is 5.69 Å². The summed E-state index contributed by atoms with van der Waals surface area (Å²) in [7, 11) is 3.12. The lowest BCUT2D eigenvalue weighted by Gasteiger charge is -2.37. The van der Waals surface area contributed by atoms with Crippen molar-refractivity contribution in [2.24, 2.45) is 11.8 Å². The standard InChI is InChI=1S/C24H33N3O6/c1-5-15(13-28)27-19(21(30)26-14-7-9-16(32-4)10-8-14)24-12-11-23(6-2,33-24)17(20(29)25-3)18(24)22(27)31/h7-10,15,17-19,28H,5-6,11-13H2,1-4H3,(H,25,29)(H,26,30)/t15-,17-,18-,19?,23+,24?/m0/s1. The van der Waals surface area contributed by atoms with E-state index in [1.54, 1.807) is 38.4 Å². The summed E-state index contributed by atoms with van der Waals surface area (Å²) >= 11 is 0. The molecule has 3 aliphatic heterocycles. The number of aliphatic hydroxyl groups is 1. The Morgan fingerprint density at radius 3 is 2.48 bits per heavy atom. The number of nitrogens with zero attached hydrogens (tertiary/aromatic N) is 1. The zero-order valence-corrected chi connectivity index (χ0v) is 19.6. The molecule has 1 aromatic rings. The number of ether oxygens (including phenoxy) is 2. The van der Waals surface area contributed by atoms with E-state index in [-0.39, 0.29) is 24.3 Å². The molecule has 3 amide bonds. The Morgan fingerprint density at radius 1 is 1.24 bits per heavy atom. The highest BCUT2D eigenvalue weighted by Gasteiger charge is 2.79. The Balaban J connectivity index is 1.76. The number of nitrogens with one attached hydrogen (secondary N) is 2. The van der Waals surface area contributed by atoms with Gasteiger partial charge in [-0.15, -0.1) is 0 Å². The maximum Gasteiger partial charge on any atom is 0.250 e. The van der Waals surface area contributed by atoms with Gasteiger partial charge in [-0.1, -0.05) is 13.8 Å². The molecule has 3 N–H and O–H groups in total. The molecule has 3 aliphatic rings. The summed E-state index contributed by atoms with van der Waals surface area (Å²) < 4.78 is 11.8. The van der Waals surface area contributed by atoms with Crippen LogP contribution in [0.25, 0.3) is 0 Å². The number of aliphatic hydroxyl groups excluding tert-OH is 1. The fourth-order valence-electron chi connectivity index (χ4n) is 6.20. The van der Waals surface area contributed by atoms with Crippen LogP contribution in [0, 0.1) is 11.8 Å². The van der Waals surface area contributed by atoms with Crippen LogP contribution in [0.5, 0.6) is 5.75 Å². The molecular formula is C24H33N3O6. The fourth-order valence-corrected chi connectivity index (χ4v) is 6.20. The second kappa shape index (κ2) is 8.61. The minimum absolute atomic E-state index is 0.245. The molecule has 0 aliphatic carbocycles. The average molecular weight is 460 g/mol. The first-order valence-electron chi connectivity index (χ1n) is 11.6. The number of hydrogen-bond acceptors (Lipinski definition) is 6. The summed E-state index contributed by atoms with van der Waals surface area (Å²) in [6.07, 6.45) is 2.15. The number of methoxy groups -OCH3 is 1. The molecule has 6 atom stereocenters. The zero-order valence-electron chi connectivity index (χ0n) is 19.6. The summed E-state index contributed by atoms with van der Waals surface area (Å²) in [5.41, 5.74) is -1.32. The predicted molar refractivity (Wildman–Crippen MR) is 121 cm³/mol. The van der Waals surface area contributed by atoms with E-state index in [0.717, 1.165) is 0 Å². The van der Waals surface area contributed by atoms with Crippen LogP contribution >= 0.6 is 0 Å². The lowest BCUT2D eigenvalue weighted by Crippen LogP contribution is -2.56. The number of rotatable bonds is 8. The third-order valence-electron chi connectivity index (χ3n) is 7.83. The van der Waals surface area contributed by atoms with Crippen molar-refractivity contribution in [3.05, 3.63) is 24.3 Å². The Hall–Kier alpha value is -2.65. The predicted octanol–water partition coefficient (Wildman–Crippen LogP) is 1.31. The number of carbonyl (C=O) groups excluding carboxylic acids is 3. The molecule has 33 heavy (non-hydrogen) atoms. The van der Waals surface area contributed by atoms with Crippen LogP contribution in [0.15, 0.2) is 24.3 Å². The van der Waals surface area contributed by atoms with E-state index in [1.165, 1.54) is 4.90 Å². The first-order valence-corrected chi connectivity index (χ1v) is 11.6.